The summed E-state index contributed by atoms with van der Waals surface area (Å²) in [6, 6.07) is 12.2. The van der Waals surface area contributed by atoms with Crippen molar-refractivity contribution in [2.45, 2.75) is 37.2 Å². The van der Waals surface area contributed by atoms with Gasteiger partial charge in [0.05, 0.1) is 5.02 Å². The quantitative estimate of drug-likeness (QED) is 0.728. The normalized spacial score (nSPS) is 12.8. The fourth-order valence-electron chi connectivity index (χ4n) is 2.36. The van der Waals surface area contributed by atoms with Crippen molar-refractivity contribution in [3.63, 3.8) is 0 Å². The average molecular weight is 415 g/mol. The number of carbonyl (C=O) groups is 1. The van der Waals surface area contributed by atoms with E-state index in [2.05, 4.69) is 10.0 Å². The number of rotatable bonds is 7. The average Bonchev–Trinajstić information content (AvgIpc) is 2.56. The molecule has 2 N–H and O–H groups in total. The minimum atomic E-state index is -4.04. The molecule has 0 aromatic heterocycles. The molecule has 1 amide bonds. The number of sulfonamides is 1. The van der Waals surface area contributed by atoms with Gasteiger partial charge < -0.3 is 5.32 Å². The molecular weight excluding hydrogens is 395 g/mol. The molecule has 0 bridgehead atoms. The van der Waals surface area contributed by atoms with E-state index in [0.29, 0.717) is 0 Å². The number of halogens is 2. The maximum Gasteiger partial charge on any atom is 0.242 e. The van der Waals surface area contributed by atoms with Crippen LogP contribution in [0.5, 0.6) is 0 Å². The fourth-order valence-corrected chi connectivity index (χ4v) is 4.31. The third kappa shape index (κ3) is 5.71. The number of hydrogen-bond acceptors (Lipinski definition) is 3. The molecule has 0 radical (unpaired) electrons. The highest BCUT2D eigenvalue weighted by Gasteiger charge is 2.28. The van der Waals surface area contributed by atoms with Gasteiger partial charge in [-0.2, -0.15) is 4.72 Å². The molecule has 5 nitrogen and oxygen atoms in total. The first kappa shape index (κ1) is 20.7. The first-order chi connectivity index (χ1) is 12.2. The van der Waals surface area contributed by atoms with Crippen LogP contribution in [0, 0.1) is 0 Å². The van der Waals surface area contributed by atoms with Gasteiger partial charge in [-0.25, -0.2) is 8.42 Å². The zero-order valence-corrected chi connectivity index (χ0v) is 16.7. The Morgan fingerprint density at radius 2 is 1.73 bits per heavy atom. The lowest BCUT2D eigenvalue weighted by atomic mass is 10.1. The Balaban J connectivity index is 2.32. The van der Waals surface area contributed by atoms with E-state index in [1.54, 1.807) is 13.8 Å². The summed E-state index contributed by atoms with van der Waals surface area (Å²) >= 11 is 11.9. The monoisotopic (exact) mass is 414 g/mol. The molecule has 0 spiro atoms. The van der Waals surface area contributed by atoms with Crippen LogP contribution < -0.4 is 10.0 Å². The second-order valence-corrected chi connectivity index (χ2v) is 8.63. The number of benzene rings is 2. The molecule has 0 fully saturated rings. The van der Waals surface area contributed by atoms with Gasteiger partial charge in [-0.15, -0.1) is 0 Å². The summed E-state index contributed by atoms with van der Waals surface area (Å²) in [4.78, 5) is 12.4. The van der Waals surface area contributed by atoms with Crippen LogP contribution >= 0.6 is 23.2 Å². The van der Waals surface area contributed by atoms with Crippen molar-refractivity contribution in [2.75, 3.05) is 0 Å². The molecule has 0 unspecified atom stereocenters. The van der Waals surface area contributed by atoms with Crippen LogP contribution in [0.2, 0.25) is 10.0 Å². The van der Waals surface area contributed by atoms with E-state index in [9.17, 15) is 13.2 Å². The Kier molecular flexibility index (Phi) is 7.06. The van der Waals surface area contributed by atoms with E-state index in [4.69, 9.17) is 23.2 Å². The molecule has 0 heterocycles. The minimum Gasteiger partial charge on any atom is -0.353 e. The summed E-state index contributed by atoms with van der Waals surface area (Å²) in [6.45, 7) is 3.61. The lowest BCUT2D eigenvalue weighted by Gasteiger charge is -2.20. The first-order valence-electron chi connectivity index (χ1n) is 8.00. The van der Waals surface area contributed by atoms with Crippen LogP contribution in [-0.4, -0.2) is 26.4 Å². The minimum absolute atomic E-state index is 0.0321. The van der Waals surface area contributed by atoms with Gasteiger partial charge in [0.2, 0.25) is 15.9 Å². The lowest BCUT2D eigenvalue weighted by Crippen LogP contribution is -2.49. The van der Waals surface area contributed by atoms with Crippen LogP contribution in [0.4, 0.5) is 0 Å². The number of hydrogen-bond donors (Lipinski definition) is 2. The number of nitrogens with one attached hydrogen (secondary N) is 2. The third-order valence-electron chi connectivity index (χ3n) is 3.51. The second-order valence-electron chi connectivity index (χ2n) is 6.10. The molecule has 2 rings (SSSR count). The second kappa shape index (κ2) is 8.86. The van der Waals surface area contributed by atoms with Crippen molar-refractivity contribution in [3.8, 4) is 0 Å². The topological polar surface area (TPSA) is 75.3 Å². The van der Waals surface area contributed by atoms with Gasteiger partial charge in [-0.3, -0.25) is 4.79 Å². The largest absolute Gasteiger partial charge is 0.353 e. The van der Waals surface area contributed by atoms with E-state index < -0.39 is 22.0 Å². The molecule has 0 aliphatic rings. The predicted octanol–water partition coefficient (Wildman–Crippen LogP) is 3.41. The SMILES string of the molecule is CC(C)NC(=O)[C@@H](Cc1ccccc1)NS(=O)(=O)c1cc(Cl)ccc1Cl. The van der Waals surface area contributed by atoms with Crippen LogP contribution in [-0.2, 0) is 21.2 Å². The van der Waals surface area contributed by atoms with Crippen molar-refractivity contribution in [1.29, 1.82) is 0 Å². The third-order valence-corrected chi connectivity index (χ3v) is 5.70. The molecule has 0 saturated carbocycles. The van der Waals surface area contributed by atoms with Gasteiger partial charge in [0, 0.05) is 11.1 Å². The summed E-state index contributed by atoms with van der Waals surface area (Å²) in [5.41, 5.74) is 0.830. The van der Waals surface area contributed by atoms with Crippen molar-refractivity contribution in [3.05, 3.63) is 64.1 Å². The Morgan fingerprint density at radius 3 is 2.35 bits per heavy atom. The highest BCUT2D eigenvalue weighted by atomic mass is 35.5. The maximum atomic E-state index is 12.8. The van der Waals surface area contributed by atoms with Crippen molar-refractivity contribution in [1.82, 2.24) is 10.0 Å². The van der Waals surface area contributed by atoms with Crippen molar-refractivity contribution in [2.24, 2.45) is 0 Å². The van der Waals surface area contributed by atoms with Crippen LogP contribution in [0.15, 0.2) is 53.4 Å². The number of amides is 1. The number of carbonyl (C=O) groups excluding carboxylic acids is 1. The van der Waals surface area contributed by atoms with Gasteiger partial charge in [0.25, 0.3) is 0 Å². The standard InChI is InChI=1S/C18H20Cl2N2O3S/c1-12(2)21-18(23)16(10-13-6-4-3-5-7-13)22-26(24,25)17-11-14(19)8-9-15(17)20/h3-9,11-12,16,22H,10H2,1-2H3,(H,21,23)/t16-/m1/s1. The molecule has 2 aromatic rings. The Bertz CT molecular complexity index is 871. The lowest BCUT2D eigenvalue weighted by molar-refractivity contribution is -0.123. The Labute approximate surface area is 163 Å². The van der Waals surface area contributed by atoms with E-state index in [0.717, 1.165) is 5.56 Å². The first-order valence-corrected chi connectivity index (χ1v) is 10.2. The van der Waals surface area contributed by atoms with E-state index in [1.165, 1.54) is 18.2 Å². The van der Waals surface area contributed by atoms with Gasteiger partial charge in [0.1, 0.15) is 10.9 Å². The fraction of sp³-hybridized carbons (Fsp3) is 0.278. The highest BCUT2D eigenvalue weighted by Crippen LogP contribution is 2.25. The zero-order valence-electron chi connectivity index (χ0n) is 14.4. The van der Waals surface area contributed by atoms with Gasteiger partial charge in [-0.1, -0.05) is 53.5 Å². The summed E-state index contributed by atoms with van der Waals surface area (Å²) in [5, 5.41) is 3.01. The molecular formula is C18H20Cl2N2O3S. The van der Waals surface area contributed by atoms with E-state index in [1.807, 2.05) is 30.3 Å². The van der Waals surface area contributed by atoms with Crippen LogP contribution in [0.3, 0.4) is 0 Å². The van der Waals surface area contributed by atoms with Crippen LogP contribution in [0.1, 0.15) is 19.4 Å². The molecule has 0 aliphatic carbocycles. The van der Waals surface area contributed by atoms with Crippen LogP contribution in [0.25, 0.3) is 0 Å². The Hall–Kier alpha value is -1.60. The molecule has 2 aromatic carbocycles. The molecule has 26 heavy (non-hydrogen) atoms. The predicted molar refractivity (Wildman–Crippen MR) is 104 cm³/mol. The molecule has 8 heteroatoms. The summed E-state index contributed by atoms with van der Waals surface area (Å²) in [5.74, 6) is -0.412. The van der Waals surface area contributed by atoms with E-state index in [-0.39, 0.29) is 27.4 Å². The van der Waals surface area contributed by atoms with Gasteiger partial charge >= 0.3 is 0 Å². The van der Waals surface area contributed by atoms with Gasteiger partial charge in [0.15, 0.2) is 0 Å². The summed E-state index contributed by atoms with van der Waals surface area (Å²) in [6.07, 6.45) is 0.205. The van der Waals surface area contributed by atoms with Crippen molar-refractivity contribution < 1.29 is 13.2 Å². The Morgan fingerprint density at radius 1 is 1.08 bits per heavy atom. The maximum absolute atomic E-state index is 12.8. The zero-order chi connectivity index (χ0) is 19.3. The summed E-state index contributed by atoms with van der Waals surface area (Å²) in [7, 11) is -4.04. The van der Waals surface area contributed by atoms with E-state index >= 15 is 0 Å². The molecule has 140 valence electrons. The summed E-state index contributed by atoms with van der Waals surface area (Å²) < 4.78 is 28.0. The smallest absolute Gasteiger partial charge is 0.242 e. The molecule has 1 atom stereocenters. The highest BCUT2D eigenvalue weighted by molar-refractivity contribution is 7.89. The van der Waals surface area contributed by atoms with Crippen molar-refractivity contribution >= 4 is 39.1 Å². The molecule has 0 saturated heterocycles. The molecule has 0 aliphatic heterocycles. The van der Waals surface area contributed by atoms with Gasteiger partial charge in [-0.05, 0) is 44.0 Å².